The quantitative estimate of drug-likeness (QED) is 0.755. The number of rotatable bonds is 3. The topological polar surface area (TPSA) is 73.0 Å². The van der Waals surface area contributed by atoms with Gasteiger partial charge in [0.2, 0.25) is 5.91 Å². The predicted octanol–water partition coefficient (Wildman–Crippen LogP) is 0.576. The fourth-order valence-electron chi connectivity index (χ4n) is 3.28. The summed E-state index contributed by atoms with van der Waals surface area (Å²) in [4.78, 5) is 21.7. The fraction of sp³-hybridized carbons (Fsp3) is 0.714. The Balaban J connectivity index is 1.53. The highest BCUT2D eigenvalue weighted by molar-refractivity contribution is 5.76. The van der Waals surface area contributed by atoms with Gasteiger partial charge in [0, 0.05) is 31.5 Å². The number of aromatic nitrogens is 2. The smallest absolute Gasteiger partial charge is 0.222 e. The Morgan fingerprint density at radius 2 is 2.15 bits per heavy atom. The molecule has 1 amide bonds. The van der Waals surface area contributed by atoms with Crippen LogP contribution in [0.25, 0.3) is 0 Å². The molecule has 2 aliphatic rings. The molecule has 0 radical (unpaired) electrons. The summed E-state index contributed by atoms with van der Waals surface area (Å²) >= 11 is 0. The second-order valence-electron chi connectivity index (χ2n) is 5.96. The number of hydrogen-bond donors (Lipinski definition) is 3. The molecule has 20 heavy (non-hydrogen) atoms. The van der Waals surface area contributed by atoms with E-state index in [0.717, 1.165) is 30.8 Å². The van der Waals surface area contributed by atoms with E-state index < -0.39 is 0 Å². The van der Waals surface area contributed by atoms with Crippen LogP contribution in [0.2, 0.25) is 0 Å². The number of aromatic amines is 1. The molecule has 6 heteroatoms. The Labute approximate surface area is 119 Å². The van der Waals surface area contributed by atoms with Gasteiger partial charge in [-0.25, -0.2) is 4.98 Å². The van der Waals surface area contributed by atoms with Crippen LogP contribution in [0.3, 0.4) is 0 Å². The third kappa shape index (κ3) is 2.58. The molecule has 110 valence electrons. The molecule has 1 fully saturated rings. The third-order valence-corrected chi connectivity index (χ3v) is 4.64. The van der Waals surface area contributed by atoms with E-state index >= 15 is 0 Å². The third-order valence-electron chi connectivity index (χ3n) is 4.64. The number of carbonyl (C=O) groups excluding carboxylic acids is 1. The van der Waals surface area contributed by atoms with Crippen molar-refractivity contribution in [3.63, 3.8) is 0 Å². The maximum Gasteiger partial charge on any atom is 0.222 e. The number of nitrogens with one attached hydrogen (secondary N) is 3. The monoisotopic (exact) mass is 277 g/mol. The van der Waals surface area contributed by atoms with Gasteiger partial charge in [0.25, 0.3) is 0 Å². The van der Waals surface area contributed by atoms with Crippen molar-refractivity contribution < 1.29 is 4.79 Å². The number of carbonyl (C=O) groups is 1. The van der Waals surface area contributed by atoms with Crippen molar-refractivity contribution in [3.8, 4) is 0 Å². The molecular formula is C14H23N5O. The van der Waals surface area contributed by atoms with Gasteiger partial charge in [0.15, 0.2) is 0 Å². The van der Waals surface area contributed by atoms with Crippen molar-refractivity contribution in [3.05, 3.63) is 17.7 Å². The summed E-state index contributed by atoms with van der Waals surface area (Å²) in [5.41, 5.74) is 8.69. The second-order valence-corrected chi connectivity index (χ2v) is 5.96. The van der Waals surface area contributed by atoms with Gasteiger partial charge in [-0.3, -0.25) is 15.6 Å². The van der Waals surface area contributed by atoms with Crippen molar-refractivity contribution in [1.29, 1.82) is 0 Å². The second kappa shape index (κ2) is 5.54. The number of hydrogen-bond acceptors (Lipinski definition) is 4. The number of fused-ring (bicyclic) bond motifs is 1. The van der Waals surface area contributed by atoms with Crippen molar-refractivity contribution >= 4 is 5.91 Å². The number of nitrogens with zero attached hydrogens (tertiary/aromatic N) is 2. The van der Waals surface area contributed by atoms with Gasteiger partial charge in [-0.2, -0.15) is 0 Å². The minimum atomic E-state index is 0.261. The maximum atomic E-state index is 12.4. The standard InChI is InChI=1S/C14H23N5O/c1-9-11(10(2)18-17-9)3-4-14(20)19-6-5-12-13(7-19)16-8-15-12/h8-11,17-18H,3-7H2,1-2H3,(H,15,16). The van der Waals surface area contributed by atoms with E-state index in [1.165, 1.54) is 0 Å². The molecule has 1 saturated heterocycles. The SMILES string of the molecule is CC1NNC(C)C1CCC(=O)N1CCc2nc[nH]c2C1. The molecule has 0 aliphatic carbocycles. The number of hydrazine groups is 1. The Morgan fingerprint density at radius 1 is 1.40 bits per heavy atom. The first-order valence-electron chi connectivity index (χ1n) is 7.45. The van der Waals surface area contributed by atoms with E-state index in [1.54, 1.807) is 6.33 Å². The van der Waals surface area contributed by atoms with Gasteiger partial charge < -0.3 is 9.88 Å². The molecule has 3 rings (SSSR count). The summed E-state index contributed by atoms with van der Waals surface area (Å²) in [6, 6.07) is 0.858. The summed E-state index contributed by atoms with van der Waals surface area (Å²) in [5.74, 6) is 0.781. The molecule has 1 aromatic heterocycles. The number of amides is 1. The average molecular weight is 277 g/mol. The molecular weight excluding hydrogens is 254 g/mol. The van der Waals surface area contributed by atoms with E-state index in [-0.39, 0.29) is 5.91 Å². The summed E-state index contributed by atoms with van der Waals surface area (Å²) in [5, 5.41) is 0. The first-order chi connectivity index (χ1) is 9.65. The van der Waals surface area contributed by atoms with Gasteiger partial charge in [-0.15, -0.1) is 0 Å². The normalized spacial score (nSPS) is 29.5. The van der Waals surface area contributed by atoms with E-state index in [4.69, 9.17) is 0 Å². The number of H-pyrrole nitrogens is 1. The molecule has 2 aliphatic heterocycles. The van der Waals surface area contributed by atoms with Crippen LogP contribution in [0, 0.1) is 5.92 Å². The van der Waals surface area contributed by atoms with Crippen LogP contribution in [0.15, 0.2) is 6.33 Å². The van der Waals surface area contributed by atoms with E-state index in [2.05, 4.69) is 34.7 Å². The Kier molecular flexibility index (Phi) is 3.76. The highest BCUT2D eigenvalue weighted by atomic mass is 16.2. The fourth-order valence-corrected chi connectivity index (χ4v) is 3.28. The minimum Gasteiger partial charge on any atom is -0.347 e. The zero-order valence-electron chi connectivity index (χ0n) is 12.1. The molecule has 3 N–H and O–H groups in total. The Bertz CT molecular complexity index is 476. The molecule has 0 bridgehead atoms. The van der Waals surface area contributed by atoms with Gasteiger partial charge in [-0.05, 0) is 26.2 Å². The maximum absolute atomic E-state index is 12.4. The van der Waals surface area contributed by atoms with E-state index in [0.29, 0.717) is 31.0 Å². The summed E-state index contributed by atoms with van der Waals surface area (Å²) < 4.78 is 0. The van der Waals surface area contributed by atoms with Gasteiger partial charge >= 0.3 is 0 Å². The first kappa shape index (κ1) is 13.6. The molecule has 3 heterocycles. The van der Waals surface area contributed by atoms with Crippen molar-refractivity contribution in [2.75, 3.05) is 6.54 Å². The van der Waals surface area contributed by atoms with Crippen molar-refractivity contribution in [1.82, 2.24) is 25.7 Å². The number of imidazole rings is 1. The van der Waals surface area contributed by atoms with E-state index in [9.17, 15) is 4.79 Å². The Morgan fingerprint density at radius 3 is 2.90 bits per heavy atom. The molecule has 0 spiro atoms. The molecule has 1 aromatic rings. The molecule has 2 atom stereocenters. The lowest BCUT2D eigenvalue weighted by atomic mass is 9.91. The summed E-state index contributed by atoms with van der Waals surface area (Å²) in [6.45, 7) is 5.82. The van der Waals surface area contributed by atoms with Crippen LogP contribution in [0.5, 0.6) is 0 Å². The van der Waals surface area contributed by atoms with Crippen LogP contribution in [0.4, 0.5) is 0 Å². The summed E-state index contributed by atoms with van der Waals surface area (Å²) in [7, 11) is 0. The molecule has 0 saturated carbocycles. The van der Waals surface area contributed by atoms with Crippen molar-refractivity contribution in [2.24, 2.45) is 5.92 Å². The first-order valence-corrected chi connectivity index (χ1v) is 7.45. The van der Waals surface area contributed by atoms with Crippen molar-refractivity contribution in [2.45, 2.75) is 51.7 Å². The minimum absolute atomic E-state index is 0.261. The van der Waals surface area contributed by atoms with E-state index in [1.807, 2.05) is 4.90 Å². The van der Waals surface area contributed by atoms with Crippen LogP contribution in [-0.2, 0) is 17.8 Å². The molecule has 0 aromatic carbocycles. The lowest BCUT2D eigenvalue weighted by molar-refractivity contribution is -0.132. The lowest BCUT2D eigenvalue weighted by Gasteiger charge is -2.27. The highest BCUT2D eigenvalue weighted by Gasteiger charge is 2.31. The zero-order valence-corrected chi connectivity index (χ0v) is 12.1. The van der Waals surface area contributed by atoms with Crippen LogP contribution in [-0.4, -0.2) is 39.4 Å². The van der Waals surface area contributed by atoms with Gasteiger partial charge in [0.05, 0.1) is 24.3 Å². The van der Waals surface area contributed by atoms with Crippen LogP contribution in [0.1, 0.15) is 38.1 Å². The summed E-state index contributed by atoms with van der Waals surface area (Å²) in [6.07, 6.45) is 4.15. The highest BCUT2D eigenvalue weighted by Crippen LogP contribution is 2.22. The lowest BCUT2D eigenvalue weighted by Crippen LogP contribution is -2.36. The predicted molar refractivity (Wildman–Crippen MR) is 75.6 cm³/mol. The Hall–Kier alpha value is -1.40. The van der Waals surface area contributed by atoms with Gasteiger partial charge in [0.1, 0.15) is 0 Å². The largest absolute Gasteiger partial charge is 0.347 e. The van der Waals surface area contributed by atoms with Crippen LogP contribution >= 0.6 is 0 Å². The zero-order chi connectivity index (χ0) is 14.1. The van der Waals surface area contributed by atoms with Gasteiger partial charge in [-0.1, -0.05) is 0 Å². The molecule has 6 nitrogen and oxygen atoms in total. The van der Waals surface area contributed by atoms with Crippen LogP contribution < -0.4 is 10.9 Å². The molecule has 2 unspecified atom stereocenters. The average Bonchev–Trinajstić information content (AvgIpc) is 3.03.